The van der Waals surface area contributed by atoms with Crippen LogP contribution in [0.15, 0.2) is 6.07 Å². The second-order valence-electron chi connectivity index (χ2n) is 3.43. The maximum atomic E-state index is 12.7. The van der Waals surface area contributed by atoms with Gasteiger partial charge in [0.05, 0.1) is 19.8 Å². The minimum absolute atomic E-state index is 0.202. The van der Waals surface area contributed by atoms with Crippen LogP contribution in [0, 0.1) is 0 Å². The summed E-state index contributed by atoms with van der Waals surface area (Å²) in [6.07, 6.45) is -10.3. The van der Waals surface area contributed by atoms with Gasteiger partial charge in [0, 0.05) is 6.07 Å². The van der Waals surface area contributed by atoms with Crippen LogP contribution in [0.2, 0.25) is 0 Å². The Kier molecular flexibility index (Phi) is 4.54. The molecule has 0 saturated carbocycles. The summed E-state index contributed by atoms with van der Waals surface area (Å²) >= 11 is 0. The van der Waals surface area contributed by atoms with Crippen molar-refractivity contribution in [2.45, 2.75) is 12.5 Å². The Morgan fingerprint density at radius 2 is 1.71 bits per heavy atom. The molecule has 5 nitrogen and oxygen atoms in total. The van der Waals surface area contributed by atoms with E-state index in [1.54, 1.807) is 0 Å². The van der Waals surface area contributed by atoms with E-state index in [-0.39, 0.29) is 6.07 Å². The van der Waals surface area contributed by atoms with Gasteiger partial charge >= 0.3 is 18.5 Å². The molecule has 11 heteroatoms. The third-order valence-corrected chi connectivity index (χ3v) is 2.05. The summed E-state index contributed by atoms with van der Waals surface area (Å²) in [7, 11) is 1.56. The molecule has 0 atom stereocenters. The number of methoxy groups -OCH3 is 2. The van der Waals surface area contributed by atoms with Gasteiger partial charge in [0.1, 0.15) is 0 Å². The number of pyridine rings is 1. The monoisotopic (exact) mass is 319 g/mol. The zero-order chi connectivity index (χ0) is 16.4. The summed E-state index contributed by atoms with van der Waals surface area (Å²) in [5, 5.41) is 0. The average Bonchev–Trinajstić information content (AvgIpc) is 2.34. The second kappa shape index (κ2) is 5.66. The molecule has 118 valence electrons. The van der Waals surface area contributed by atoms with Crippen LogP contribution in [0.5, 0.6) is 11.6 Å². The van der Waals surface area contributed by atoms with E-state index in [1.165, 1.54) is 0 Å². The smallest absolute Gasteiger partial charge is 0.478 e. The number of hydrogen-bond acceptors (Lipinski definition) is 5. The van der Waals surface area contributed by atoms with Crippen molar-refractivity contribution in [1.29, 1.82) is 0 Å². The Hall–Kier alpha value is -2.20. The Labute approximate surface area is 113 Å². The van der Waals surface area contributed by atoms with Gasteiger partial charge in [-0.2, -0.15) is 13.2 Å². The van der Waals surface area contributed by atoms with Gasteiger partial charge in [-0.3, -0.25) is 0 Å². The second-order valence-corrected chi connectivity index (χ2v) is 3.43. The number of esters is 1. The summed E-state index contributed by atoms with van der Waals surface area (Å²) in [5.74, 6) is -3.80. The number of halogens is 6. The Morgan fingerprint density at radius 3 is 2.10 bits per heavy atom. The number of nitrogens with zero attached hydrogens (tertiary/aromatic N) is 1. The molecule has 0 radical (unpaired) electrons. The first kappa shape index (κ1) is 16.9. The average molecular weight is 319 g/mol. The summed E-state index contributed by atoms with van der Waals surface area (Å²) in [6, 6.07) is 0.202. The molecular formula is C10H7F6NO4. The molecule has 1 aromatic heterocycles. The highest BCUT2D eigenvalue weighted by Crippen LogP contribution is 2.38. The number of alkyl halides is 6. The van der Waals surface area contributed by atoms with Gasteiger partial charge in [-0.15, -0.1) is 13.2 Å². The molecule has 0 amide bonds. The standard InChI is InChI=1S/C10H7F6NO4/c1-19-7-5(21-10(14,15)16)3-4(8(18)20-2)6(17-7)9(11,12)13/h3H,1-2H3. The van der Waals surface area contributed by atoms with Gasteiger partial charge in [0.25, 0.3) is 5.88 Å². The molecule has 0 spiro atoms. The van der Waals surface area contributed by atoms with Crippen LogP contribution in [-0.2, 0) is 10.9 Å². The number of aromatic nitrogens is 1. The number of rotatable bonds is 3. The van der Waals surface area contributed by atoms with Gasteiger partial charge in [-0.1, -0.05) is 0 Å². The first-order valence-corrected chi connectivity index (χ1v) is 5.00. The first-order valence-electron chi connectivity index (χ1n) is 5.00. The Morgan fingerprint density at radius 1 is 1.14 bits per heavy atom. The Balaban J connectivity index is 3.52. The van der Waals surface area contributed by atoms with E-state index in [1.807, 2.05) is 0 Å². The molecule has 0 unspecified atom stereocenters. The highest BCUT2D eigenvalue weighted by Gasteiger charge is 2.41. The molecule has 0 saturated heterocycles. The number of ether oxygens (including phenoxy) is 3. The quantitative estimate of drug-likeness (QED) is 0.633. The van der Waals surface area contributed by atoms with Gasteiger partial charge in [-0.05, 0) is 0 Å². The maximum absolute atomic E-state index is 12.7. The van der Waals surface area contributed by atoms with Crippen LogP contribution >= 0.6 is 0 Å². The van der Waals surface area contributed by atoms with Crippen molar-refractivity contribution in [2.24, 2.45) is 0 Å². The molecule has 0 aromatic carbocycles. The molecule has 0 N–H and O–H groups in total. The topological polar surface area (TPSA) is 57.7 Å². The van der Waals surface area contributed by atoms with Crippen LogP contribution in [-0.4, -0.2) is 31.5 Å². The van der Waals surface area contributed by atoms with Crippen molar-refractivity contribution in [3.8, 4) is 11.6 Å². The van der Waals surface area contributed by atoms with Crippen molar-refractivity contribution >= 4 is 5.97 Å². The fraction of sp³-hybridized carbons (Fsp3) is 0.400. The lowest BCUT2D eigenvalue weighted by Gasteiger charge is -2.16. The lowest BCUT2D eigenvalue weighted by Crippen LogP contribution is -2.21. The number of carbonyl (C=O) groups excluding carboxylic acids is 1. The summed E-state index contributed by atoms with van der Waals surface area (Å²) in [6.45, 7) is 0. The van der Waals surface area contributed by atoms with E-state index in [0.717, 1.165) is 14.2 Å². The minimum Gasteiger partial charge on any atom is -0.478 e. The van der Waals surface area contributed by atoms with E-state index in [4.69, 9.17) is 0 Å². The predicted molar refractivity (Wildman–Crippen MR) is 53.8 cm³/mol. The van der Waals surface area contributed by atoms with Gasteiger partial charge < -0.3 is 14.2 Å². The van der Waals surface area contributed by atoms with E-state index in [9.17, 15) is 31.1 Å². The number of carbonyl (C=O) groups is 1. The largest absolute Gasteiger partial charge is 0.573 e. The van der Waals surface area contributed by atoms with Crippen LogP contribution < -0.4 is 9.47 Å². The zero-order valence-corrected chi connectivity index (χ0v) is 10.4. The van der Waals surface area contributed by atoms with E-state index < -0.39 is 41.4 Å². The molecular weight excluding hydrogens is 312 g/mol. The van der Waals surface area contributed by atoms with Crippen molar-refractivity contribution in [2.75, 3.05) is 14.2 Å². The molecule has 21 heavy (non-hydrogen) atoms. The zero-order valence-electron chi connectivity index (χ0n) is 10.4. The van der Waals surface area contributed by atoms with E-state index in [2.05, 4.69) is 19.2 Å². The molecule has 1 heterocycles. The fourth-order valence-corrected chi connectivity index (χ4v) is 1.30. The first-order chi connectivity index (χ1) is 9.49. The number of hydrogen-bond donors (Lipinski definition) is 0. The predicted octanol–water partition coefficient (Wildman–Crippen LogP) is 2.79. The van der Waals surface area contributed by atoms with Crippen LogP contribution in [0.1, 0.15) is 16.1 Å². The van der Waals surface area contributed by atoms with Crippen molar-refractivity contribution in [3.05, 3.63) is 17.3 Å². The lowest BCUT2D eigenvalue weighted by atomic mass is 10.1. The van der Waals surface area contributed by atoms with Gasteiger partial charge in [0.2, 0.25) is 0 Å². The SMILES string of the molecule is COC(=O)c1cc(OC(F)(F)F)c(OC)nc1C(F)(F)F. The molecule has 1 aromatic rings. The third-order valence-electron chi connectivity index (χ3n) is 2.05. The minimum atomic E-state index is -5.21. The summed E-state index contributed by atoms with van der Waals surface area (Å²) in [4.78, 5) is 14.1. The summed E-state index contributed by atoms with van der Waals surface area (Å²) in [5.41, 5.74) is -2.98. The third kappa shape index (κ3) is 4.13. The van der Waals surface area contributed by atoms with E-state index in [0.29, 0.717) is 0 Å². The molecule has 0 aliphatic rings. The van der Waals surface area contributed by atoms with Crippen molar-refractivity contribution < 1.29 is 45.3 Å². The summed E-state index contributed by atoms with van der Waals surface area (Å²) < 4.78 is 86.6. The van der Waals surface area contributed by atoms with Gasteiger partial charge in [0.15, 0.2) is 11.4 Å². The molecule has 1 rings (SSSR count). The lowest BCUT2D eigenvalue weighted by molar-refractivity contribution is -0.275. The van der Waals surface area contributed by atoms with Gasteiger partial charge in [-0.25, -0.2) is 9.78 Å². The fourth-order valence-electron chi connectivity index (χ4n) is 1.30. The van der Waals surface area contributed by atoms with Crippen LogP contribution in [0.25, 0.3) is 0 Å². The highest BCUT2D eigenvalue weighted by atomic mass is 19.4. The van der Waals surface area contributed by atoms with Crippen molar-refractivity contribution in [3.63, 3.8) is 0 Å². The van der Waals surface area contributed by atoms with Crippen molar-refractivity contribution in [1.82, 2.24) is 4.98 Å². The molecule has 0 aliphatic carbocycles. The van der Waals surface area contributed by atoms with Crippen LogP contribution in [0.4, 0.5) is 26.3 Å². The normalized spacial score (nSPS) is 12.0. The Bertz CT molecular complexity index is 540. The highest BCUT2D eigenvalue weighted by molar-refractivity contribution is 5.91. The maximum Gasteiger partial charge on any atom is 0.573 e. The van der Waals surface area contributed by atoms with Crippen LogP contribution in [0.3, 0.4) is 0 Å². The van der Waals surface area contributed by atoms with E-state index >= 15 is 0 Å². The molecule has 0 fully saturated rings. The molecule has 0 aliphatic heterocycles. The molecule has 0 bridgehead atoms.